The lowest BCUT2D eigenvalue weighted by Gasteiger charge is -2.21. The summed E-state index contributed by atoms with van der Waals surface area (Å²) >= 11 is 0. The molecule has 3 heteroatoms. The Kier molecular flexibility index (Phi) is 7.74. The Bertz CT molecular complexity index is 2290. The third kappa shape index (κ3) is 5.21. The molecule has 230 valence electrons. The van der Waals surface area contributed by atoms with E-state index >= 15 is 0 Å². The van der Waals surface area contributed by atoms with Gasteiger partial charge in [0.2, 0.25) is 0 Å². The van der Waals surface area contributed by atoms with Crippen LogP contribution in [0.25, 0.3) is 66.0 Å². The van der Waals surface area contributed by atoms with Crippen molar-refractivity contribution in [1.82, 2.24) is 4.57 Å². The van der Waals surface area contributed by atoms with Crippen molar-refractivity contribution in [3.8, 4) is 39.3 Å². The van der Waals surface area contributed by atoms with Crippen LogP contribution in [0.4, 0.5) is 5.69 Å². The van der Waals surface area contributed by atoms with Gasteiger partial charge < -0.3 is 0 Å². The van der Waals surface area contributed by atoms with Gasteiger partial charge >= 0.3 is 0 Å². The van der Waals surface area contributed by atoms with E-state index < -0.39 is 0 Å². The molecule has 0 saturated heterocycles. The Morgan fingerprint density at radius 2 is 1.23 bits per heavy atom. The van der Waals surface area contributed by atoms with E-state index in [0.717, 1.165) is 16.9 Å². The van der Waals surface area contributed by atoms with Crippen molar-refractivity contribution >= 4 is 27.5 Å². The number of aryl methyl sites for hydroxylation is 2. The van der Waals surface area contributed by atoms with Crippen LogP contribution in [0.15, 0.2) is 121 Å². The fourth-order valence-electron chi connectivity index (χ4n) is 7.08. The monoisotopic (exact) mass is 610 g/mol. The van der Waals surface area contributed by atoms with Gasteiger partial charge in [0.1, 0.15) is 5.69 Å². The van der Waals surface area contributed by atoms with Crippen LogP contribution in [0.3, 0.4) is 0 Å². The van der Waals surface area contributed by atoms with Crippen molar-refractivity contribution in [1.29, 1.82) is 0 Å². The molecular formula is C44H40N3+. The molecule has 0 saturated carbocycles. The summed E-state index contributed by atoms with van der Waals surface area (Å²) in [7, 11) is 2.14. The second-order valence-corrected chi connectivity index (χ2v) is 13.2. The lowest BCUT2D eigenvalue weighted by molar-refractivity contribution is -0.633. The fraction of sp³-hybridized carbons (Fsp3) is 0.182. The van der Waals surface area contributed by atoms with Crippen LogP contribution < -0.4 is 4.57 Å². The van der Waals surface area contributed by atoms with Crippen LogP contribution in [0.1, 0.15) is 56.2 Å². The molecule has 0 atom stereocenters. The van der Waals surface area contributed by atoms with Crippen molar-refractivity contribution in [2.24, 2.45) is 7.05 Å². The summed E-state index contributed by atoms with van der Waals surface area (Å²) in [5.74, 6) is 1.68. The van der Waals surface area contributed by atoms with Gasteiger partial charge in [-0.1, -0.05) is 119 Å². The normalized spacial score (nSPS) is 11.6. The topological polar surface area (TPSA) is 13.2 Å². The van der Waals surface area contributed by atoms with E-state index in [0.29, 0.717) is 5.69 Å². The highest BCUT2D eigenvalue weighted by Crippen LogP contribution is 2.41. The summed E-state index contributed by atoms with van der Waals surface area (Å²) in [4.78, 5) is 3.79. The molecule has 6 aromatic carbocycles. The second kappa shape index (κ2) is 12.0. The van der Waals surface area contributed by atoms with Crippen LogP contribution in [-0.4, -0.2) is 4.57 Å². The zero-order chi connectivity index (χ0) is 32.8. The maximum atomic E-state index is 7.76. The summed E-state index contributed by atoms with van der Waals surface area (Å²) in [5, 5.41) is 2.49. The molecule has 47 heavy (non-hydrogen) atoms. The number of benzene rings is 6. The van der Waals surface area contributed by atoms with Crippen LogP contribution in [0.5, 0.6) is 0 Å². The molecule has 0 aliphatic heterocycles. The smallest absolute Gasteiger partial charge is 0.238 e. The van der Waals surface area contributed by atoms with Gasteiger partial charge in [0, 0.05) is 11.1 Å². The average Bonchev–Trinajstić information content (AvgIpc) is 3.38. The number of fused-ring (bicyclic) bond motifs is 2. The predicted octanol–water partition coefficient (Wildman–Crippen LogP) is 11.7. The molecular weight excluding hydrogens is 571 g/mol. The highest BCUT2D eigenvalue weighted by molar-refractivity contribution is 5.92. The Labute approximate surface area is 278 Å². The maximum Gasteiger partial charge on any atom is 0.295 e. The molecule has 0 bridgehead atoms. The molecule has 0 unspecified atom stereocenters. The number of imidazole rings is 1. The van der Waals surface area contributed by atoms with Crippen LogP contribution >= 0.6 is 0 Å². The molecule has 7 rings (SSSR count). The van der Waals surface area contributed by atoms with Crippen molar-refractivity contribution < 1.29 is 4.57 Å². The van der Waals surface area contributed by atoms with Crippen molar-refractivity contribution in [3.63, 3.8) is 0 Å². The molecule has 0 fully saturated rings. The minimum Gasteiger partial charge on any atom is -0.238 e. The van der Waals surface area contributed by atoms with E-state index in [-0.39, 0.29) is 11.8 Å². The van der Waals surface area contributed by atoms with Crippen molar-refractivity contribution in [2.45, 2.75) is 46.5 Å². The number of rotatable bonds is 6. The molecule has 0 spiro atoms. The van der Waals surface area contributed by atoms with Crippen molar-refractivity contribution in [3.05, 3.63) is 149 Å². The molecule has 0 amide bonds. The molecule has 0 aliphatic rings. The molecule has 7 aromatic rings. The van der Waals surface area contributed by atoms with Gasteiger partial charge in [-0.3, -0.25) is 0 Å². The quantitative estimate of drug-likeness (QED) is 0.131. The number of hydrogen-bond donors (Lipinski definition) is 0. The summed E-state index contributed by atoms with van der Waals surface area (Å²) in [6.45, 7) is 19.2. The highest BCUT2D eigenvalue weighted by atomic mass is 15.2. The van der Waals surface area contributed by atoms with Crippen LogP contribution in [0.2, 0.25) is 0 Å². The predicted molar refractivity (Wildman–Crippen MR) is 197 cm³/mol. The van der Waals surface area contributed by atoms with E-state index in [9.17, 15) is 0 Å². The molecule has 1 heterocycles. The Balaban J connectivity index is 1.52. The van der Waals surface area contributed by atoms with Gasteiger partial charge in [0.15, 0.2) is 16.7 Å². The first kappa shape index (κ1) is 30.2. The molecule has 1 aromatic heterocycles. The van der Waals surface area contributed by atoms with E-state index in [2.05, 4.69) is 165 Å². The van der Waals surface area contributed by atoms with Crippen LogP contribution in [0, 0.1) is 13.5 Å². The SMILES string of the molecule is [C-]#[N+]c1ccc2c(c1)[n+](C)c(-c1ccc3ccccc3c1C)n2-c1c(C(C)C)cc(-c2ccc(-c3ccccc3)cc2)cc1C(C)C. The van der Waals surface area contributed by atoms with Crippen LogP contribution in [-0.2, 0) is 7.05 Å². The van der Waals surface area contributed by atoms with Gasteiger partial charge in [0.05, 0.1) is 19.2 Å². The average molecular weight is 611 g/mol. The Morgan fingerprint density at radius 3 is 1.87 bits per heavy atom. The first-order valence-corrected chi connectivity index (χ1v) is 16.5. The molecule has 0 radical (unpaired) electrons. The lowest BCUT2D eigenvalue weighted by Crippen LogP contribution is -2.30. The number of aromatic nitrogens is 2. The van der Waals surface area contributed by atoms with Gasteiger partial charge in [-0.2, -0.15) is 4.57 Å². The van der Waals surface area contributed by atoms with E-state index in [1.165, 1.54) is 61.0 Å². The highest BCUT2D eigenvalue weighted by Gasteiger charge is 2.32. The molecule has 0 N–H and O–H groups in total. The number of hydrogen-bond acceptors (Lipinski definition) is 0. The van der Waals surface area contributed by atoms with Gasteiger partial charge in [0.25, 0.3) is 5.82 Å². The first-order valence-electron chi connectivity index (χ1n) is 16.5. The summed E-state index contributed by atoms with van der Waals surface area (Å²) in [5.41, 5.74) is 14.0. The van der Waals surface area contributed by atoms with E-state index in [1.54, 1.807) is 0 Å². The van der Waals surface area contributed by atoms with Gasteiger partial charge in [-0.05, 0) is 87.7 Å². The van der Waals surface area contributed by atoms with Crippen molar-refractivity contribution in [2.75, 3.05) is 0 Å². The second-order valence-electron chi connectivity index (χ2n) is 13.2. The zero-order valence-corrected chi connectivity index (χ0v) is 28.0. The summed E-state index contributed by atoms with van der Waals surface area (Å²) in [6.07, 6.45) is 0. The number of nitrogens with zero attached hydrogens (tertiary/aromatic N) is 3. The minimum atomic E-state index is 0.280. The van der Waals surface area contributed by atoms with E-state index in [1.807, 2.05) is 12.1 Å². The summed E-state index contributed by atoms with van der Waals surface area (Å²) < 4.78 is 4.76. The third-order valence-electron chi connectivity index (χ3n) is 9.62. The Hall–Kier alpha value is -5.46. The maximum absolute atomic E-state index is 7.76. The van der Waals surface area contributed by atoms with Gasteiger partial charge in [-0.15, -0.1) is 0 Å². The Morgan fingerprint density at radius 1 is 0.638 bits per heavy atom. The zero-order valence-electron chi connectivity index (χ0n) is 28.0. The van der Waals surface area contributed by atoms with E-state index in [4.69, 9.17) is 6.57 Å². The third-order valence-corrected chi connectivity index (χ3v) is 9.62. The standard InChI is InChI=1S/C44H40N3/c1-28(2)39-25-35(33-19-17-32(18-20-33)31-13-9-8-10-14-31)26-40(29(3)4)43(39)47-41-24-22-36(45-6)27-42(41)46(7)44(47)38-23-21-34-15-11-12-16-37(34)30(38)5/h8-29H,1-5,7H3/q+1. The summed E-state index contributed by atoms with van der Waals surface area (Å²) in [6, 6.07) is 43.6. The fourth-order valence-corrected chi connectivity index (χ4v) is 7.08. The van der Waals surface area contributed by atoms with Gasteiger partial charge in [-0.25, -0.2) is 9.41 Å². The minimum absolute atomic E-state index is 0.280. The largest absolute Gasteiger partial charge is 0.295 e. The first-order chi connectivity index (χ1) is 22.8. The molecule has 0 aliphatic carbocycles. The lowest BCUT2D eigenvalue weighted by atomic mass is 9.87. The molecule has 3 nitrogen and oxygen atoms in total.